The Morgan fingerprint density at radius 3 is 2.00 bits per heavy atom. The van der Waals surface area contributed by atoms with Gasteiger partial charge in [-0.05, 0) is 13.3 Å². The van der Waals surface area contributed by atoms with E-state index in [-0.39, 0.29) is 0 Å². The summed E-state index contributed by atoms with van der Waals surface area (Å²) in [6.07, 6.45) is -3.17. The van der Waals surface area contributed by atoms with Crippen molar-refractivity contribution in [2.45, 2.75) is 44.2 Å². The first-order valence-corrected chi connectivity index (χ1v) is 3.92. The molecular formula is C7H18N2O3. The Bertz CT molecular complexity index is 139. The summed E-state index contributed by atoms with van der Waals surface area (Å²) < 4.78 is 0. The molecule has 0 aromatic carbocycles. The molecule has 7 N–H and O–H groups in total. The van der Waals surface area contributed by atoms with Crippen LogP contribution in [0.15, 0.2) is 0 Å². The lowest BCUT2D eigenvalue weighted by atomic mass is 9.89. The zero-order valence-corrected chi connectivity index (χ0v) is 7.44. The third kappa shape index (κ3) is 2.40. The minimum absolute atomic E-state index is 0.362. The van der Waals surface area contributed by atoms with E-state index in [2.05, 4.69) is 0 Å². The highest BCUT2D eigenvalue weighted by Gasteiger charge is 2.37. The van der Waals surface area contributed by atoms with Gasteiger partial charge in [0.05, 0.1) is 11.6 Å². The second kappa shape index (κ2) is 4.15. The predicted octanol–water partition coefficient (Wildman–Crippen LogP) is -1.89. The average molecular weight is 178 g/mol. The molecule has 0 amide bonds. The summed E-state index contributed by atoms with van der Waals surface area (Å²) in [7, 11) is 0. The van der Waals surface area contributed by atoms with Crippen LogP contribution in [0.2, 0.25) is 0 Å². The lowest BCUT2D eigenvalue weighted by Gasteiger charge is -2.35. The van der Waals surface area contributed by atoms with Gasteiger partial charge in [-0.25, -0.2) is 0 Å². The van der Waals surface area contributed by atoms with Crippen LogP contribution in [0.4, 0.5) is 0 Å². The molecule has 0 spiro atoms. The topological polar surface area (TPSA) is 113 Å². The van der Waals surface area contributed by atoms with Crippen LogP contribution in [-0.4, -0.2) is 39.3 Å². The summed E-state index contributed by atoms with van der Waals surface area (Å²) in [4.78, 5) is 0. The minimum Gasteiger partial charge on any atom is -0.390 e. The molecule has 0 aliphatic heterocycles. The van der Waals surface area contributed by atoms with E-state index in [1.165, 1.54) is 6.92 Å². The van der Waals surface area contributed by atoms with E-state index in [1.54, 1.807) is 6.92 Å². The number of hydrogen-bond donors (Lipinski definition) is 5. The molecule has 0 aliphatic carbocycles. The number of nitrogens with two attached hydrogens (primary N) is 2. The molecule has 0 saturated heterocycles. The fourth-order valence-corrected chi connectivity index (χ4v) is 0.813. The van der Waals surface area contributed by atoms with Crippen molar-refractivity contribution in [3.05, 3.63) is 0 Å². The van der Waals surface area contributed by atoms with Crippen LogP contribution in [0.1, 0.15) is 20.3 Å². The molecule has 0 aliphatic rings. The lowest BCUT2D eigenvalue weighted by molar-refractivity contribution is -0.0654. The van der Waals surface area contributed by atoms with Crippen molar-refractivity contribution < 1.29 is 15.3 Å². The van der Waals surface area contributed by atoms with E-state index < -0.39 is 24.0 Å². The van der Waals surface area contributed by atoms with Gasteiger partial charge in [0.2, 0.25) is 0 Å². The van der Waals surface area contributed by atoms with Crippen LogP contribution >= 0.6 is 0 Å². The fraction of sp³-hybridized carbons (Fsp3) is 1.00. The van der Waals surface area contributed by atoms with E-state index in [4.69, 9.17) is 16.6 Å². The Hall–Kier alpha value is -0.200. The monoisotopic (exact) mass is 178 g/mol. The highest BCUT2D eigenvalue weighted by Crippen LogP contribution is 2.14. The number of hydrogen-bond acceptors (Lipinski definition) is 5. The van der Waals surface area contributed by atoms with Gasteiger partial charge < -0.3 is 26.8 Å². The molecule has 5 heteroatoms. The molecule has 12 heavy (non-hydrogen) atoms. The minimum atomic E-state index is -1.38. The SMILES string of the molecule is CCC(O)C(O)C(C)(N)C(N)O. The summed E-state index contributed by atoms with van der Waals surface area (Å²) >= 11 is 0. The zero-order valence-electron chi connectivity index (χ0n) is 7.44. The van der Waals surface area contributed by atoms with Gasteiger partial charge in [0, 0.05) is 0 Å². The normalized spacial score (nSPS) is 24.2. The Labute approximate surface area is 72.0 Å². The second-order valence-corrected chi connectivity index (χ2v) is 3.23. The molecule has 0 rings (SSSR count). The van der Waals surface area contributed by atoms with Crippen molar-refractivity contribution in [2.24, 2.45) is 11.5 Å². The van der Waals surface area contributed by atoms with Gasteiger partial charge in [-0.1, -0.05) is 6.92 Å². The van der Waals surface area contributed by atoms with Crippen LogP contribution in [0.5, 0.6) is 0 Å². The molecule has 0 aromatic heterocycles. The zero-order chi connectivity index (χ0) is 9.94. The van der Waals surface area contributed by atoms with Crippen LogP contribution in [-0.2, 0) is 0 Å². The molecule has 0 radical (unpaired) electrons. The fourth-order valence-electron chi connectivity index (χ4n) is 0.813. The van der Waals surface area contributed by atoms with E-state index in [1.807, 2.05) is 0 Å². The summed E-state index contributed by atoms with van der Waals surface area (Å²) in [6.45, 7) is 3.09. The Morgan fingerprint density at radius 2 is 1.75 bits per heavy atom. The molecule has 0 heterocycles. The summed E-state index contributed by atoms with van der Waals surface area (Å²) in [5.74, 6) is 0. The number of aliphatic hydroxyl groups excluding tert-OH is 3. The Balaban J connectivity index is 4.34. The van der Waals surface area contributed by atoms with Crippen molar-refractivity contribution in [1.82, 2.24) is 0 Å². The summed E-state index contributed by atoms with van der Waals surface area (Å²) in [6, 6.07) is 0. The third-order valence-electron chi connectivity index (χ3n) is 2.06. The lowest BCUT2D eigenvalue weighted by Crippen LogP contribution is -2.63. The van der Waals surface area contributed by atoms with Crippen molar-refractivity contribution in [1.29, 1.82) is 0 Å². The maximum Gasteiger partial charge on any atom is 0.122 e. The van der Waals surface area contributed by atoms with Crippen molar-refractivity contribution in [3.63, 3.8) is 0 Å². The van der Waals surface area contributed by atoms with Gasteiger partial charge in [-0.3, -0.25) is 0 Å². The average Bonchev–Trinajstić information content (AvgIpc) is 2.01. The first-order valence-electron chi connectivity index (χ1n) is 3.92. The number of rotatable bonds is 4. The summed E-state index contributed by atoms with van der Waals surface area (Å²) in [5, 5.41) is 27.6. The van der Waals surface area contributed by atoms with Gasteiger partial charge in [0.15, 0.2) is 0 Å². The molecule has 4 unspecified atom stereocenters. The smallest absolute Gasteiger partial charge is 0.122 e. The maximum atomic E-state index is 9.40. The van der Waals surface area contributed by atoms with E-state index in [0.717, 1.165) is 0 Å². The van der Waals surface area contributed by atoms with Crippen molar-refractivity contribution >= 4 is 0 Å². The number of aliphatic hydroxyl groups is 3. The second-order valence-electron chi connectivity index (χ2n) is 3.23. The van der Waals surface area contributed by atoms with Gasteiger partial charge >= 0.3 is 0 Å². The van der Waals surface area contributed by atoms with Crippen molar-refractivity contribution in [3.8, 4) is 0 Å². The molecule has 74 valence electrons. The summed E-state index contributed by atoms with van der Waals surface area (Å²) in [5.41, 5.74) is 9.24. The molecule has 5 nitrogen and oxygen atoms in total. The first-order chi connectivity index (χ1) is 5.34. The van der Waals surface area contributed by atoms with Gasteiger partial charge in [-0.15, -0.1) is 0 Å². The predicted molar refractivity (Wildman–Crippen MR) is 45.1 cm³/mol. The maximum absolute atomic E-state index is 9.40. The highest BCUT2D eigenvalue weighted by atomic mass is 16.3. The van der Waals surface area contributed by atoms with E-state index >= 15 is 0 Å². The first kappa shape index (κ1) is 11.8. The van der Waals surface area contributed by atoms with E-state index in [9.17, 15) is 10.2 Å². The van der Waals surface area contributed by atoms with Crippen LogP contribution < -0.4 is 11.5 Å². The largest absolute Gasteiger partial charge is 0.390 e. The quantitative estimate of drug-likeness (QED) is 0.323. The van der Waals surface area contributed by atoms with Gasteiger partial charge in [0.25, 0.3) is 0 Å². The molecule has 0 fully saturated rings. The van der Waals surface area contributed by atoms with Gasteiger partial charge in [0.1, 0.15) is 12.3 Å². The molecular weight excluding hydrogens is 160 g/mol. The molecule has 0 bridgehead atoms. The Morgan fingerprint density at radius 1 is 1.33 bits per heavy atom. The van der Waals surface area contributed by atoms with E-state index in [0.29, 0.717) is 6.42 Å². The van der Waals surface area contributed by atoms with Crippen LogP contribution in [0.25, 0.3) is 0 Å². The van der Waals surface area contributed by atoms with Gasteiger partial charge in [-0.2, -0.15) is 0 Å². The third-order valence-corrected chi connectivity index (χ3v) is 2.06. The van der Waals surface area contributed by atoms with Crippen LogP contribution in [0.3, 0.4) is 0 Å². The molecule has 0 saturated carbocycles. The standard InChI is InChI=1S/C7H18N2O3/c1-3-4(10)5(11)7(2,9)6(8)12/h4-6,10-12H,3,8-9H2,1-2H3. The highest BCUT2D eigenvalue weighted by molar-refractivity contribution is 4.94. The van der Waals surface area contributed by atoms with Crippen LogP contribution in [0, 0.1) is 0 Å². The Kier molecular flexibility index (Phi) is 4.09. The van der Waals surface area contributed by atoms with Crippen molar-refractivity contribution in [2.75, 3.05) is 0 Å². The molecule has 4 atom stereocenters. The molecule has 0 aromatic rings.